The monoisotopic (exact) mass is 435 g/mol. The Labute approximate surface area is 125 Å². The van der Waals surface area contributed by atoms with E-state index in [0.29, 0.717) is 0 Å². The Balaban J connectivity index is 0. The Morgan fingerprint density at radius 3 is 1.00 bits per heavy atom. The van der Waals surface area contributed by atoms with Crippen LogP contribution in [0.5, 0.6) is 0 Å². The van der Waals surface area contributed by atoms with Crippen LogP contribution in [0, 0.1) is 78.6 Å². The molecule has 0 aliphatic rings. The molecule has 0 heterocycles. The second-order valence-corrected chi connectivity index (χ2v) is 0. The summed E-state index contributed by atoms with van der Waals surface area (Å²) in [5, 5.41) is 0. The van der Waals surface area contributed by atoms with Gasteiger partial charge in [0.05, 0.1) is 0 Å². The van der Waals surface area contributed by atoms with Gasteiger partial charge in [-0.05, 0) is 0 Å². The quantitative estimate of drug-likeness (QED) is 0.433. The van der Waals surface area contributed by atoms with Crippen LogP contribution in [0.15, 0.2) is 0 Å². The van der Waals surface area contributed by atoms with E-state index in [1.807, 2.05) is 0 Å². The summed E-state index contributed by atoms with van der Waals surface area (Å²) < 4.78 is 0. The molecule has 0 atom stereocenters. The molecule has 0 unspecified atom stereocenters. The van der Waals surface area contributed by atoms with Crippen LogP contribution in [0.2, 0.25) is 0 Å². The van der Waals surface area contributed by atoms with E-state index < -0.39 is 0 Å². The van der Waals surface area contributed by atoms with E-state index in [-0.39, 0.29) is 129 Å². The molecular formula is H2AlGdTbY. The van der Waals surface area contributed by atoms with E-state index in [4.69, 9.17) is 0 Å². The first-order valence-electron chi connectivity index (χ1n) is 0. The molecule has 0 spiro atoms. The zero-order valence-corrected chi connectivity index (χ0v) is 11.5. The maximum absolute atomic E-state index is 0. The minimum absolute atomic E-state index is 0. The van der Waals surface area contributed by atoms with Crippen molar-refractivity contribution in [2.75, 3.05) is 0 Å². The summed E-state index contributed by atoms with van der Waals surface area (Å²) in [4.78, 5) is 0. The first kappa shape index (κ1) is 24.0. The molecule has 25 valence electrons. The molecule has 4 heteroatoms. The smallest absolute Gasteiger partial charge is 0 e. The molecule has 3 radical (unpaired) electrons. The molecule has 0 N–H and O–H groups in total. The summed E-state index contributed by atoms with van der Waals surface area (Å²) in [5.41, 5.74) is 0. The van der Waals surface area contributed by atoms with Gasteiger partial charge in [-0.15, -0.1) is 0 Å². The summed E-state index contributed by atoms with van der Waals surface area (Å²) in [6, 6.07) is 0. The third-order valence-electron chi connectivity index (χ3n) is 0. The van der Waals surface area contributed by atoms with E-state index in [1.54, 1.807) is 0 Å². The van der Waals surface area contributed by atoms with Gasteiger partial charge in [-0.25, -0.2) is 0 Å². The molecule has 0 saturated carbocycles. The maximum Gasteiger partial charge on any atom is 0.146 e. The zero-order chi connectivity index (χ0) is 0. The summed E-state index contributed by atoms with van der Waals surface area (Å²) in [5.74, 6) is 0. The van der Waals surface area contributed by atoms with E-state index in [2.05, 4.69) is 0 Å². The maximum atomic E-state index is 0. The summed E-state index contributed by atoms with van der Waals surface area (Å²) in [7, 11) is 0. The topological polar surface area (TPSA) is 0 Å². The average Bonchev–Trinajstić information content (AvgIpc) is 0. The molecule has 0 rings (SSSR count). The second-order valence-electron chi connectivity index (χ2n) is 0. The van der Waals surface area contributed by atoms with Crippen molar-refractivity contribution < 1.29 is 111 Å². The predicted octanol–water partition coefficient (Wildman–Crippen LogP) is -0.919. The number of hydrogen-bond acceptors (Lipinski definition) is 0. The van der Waals surface area contributed by atoms with Crippen LogP contribution >= 0.6 is 0 Å². The third-order valence-corrected chi connectivity index (χ3v) is 0. The summed E-state index contributed by atoms with van der Waals surface area (Å²) in [6.07, 6.45) is 0. The van der Waals surface area contributed by atoms with Crippen LogP contribution in [0.3, 0.4) is 0 Å². The zero-order valence-electron chi connectivity index (χ0n) is 2.26. The van der Waals surface area contributed by atoms with Gasteiger partial charge in [-0.2, -0.15) is 0 Å². The van der Waals surface area contributed by atoms with Gasteiger partial charge in [0.2, 0.25) is 0 Å². The van der Waals surface area contributed by atoms with Gasteiger partial charge in [0.1, 0.15) is 17.4 Å². The van der Waals surface area contributed by atoms with Gasteiger partial charge in [-0.1, -0.05) is 0 Å². The van der Waals surface area contributed by atoms with Gasteiger partial charge in [0.25, 0.3) is 0 Å². The van der Waals surface area contributed by atoms with Crippen molar-refractivity contribution in [1.82, 2.24) is 0 Å². The molecule has 0 aromatic heterocycles. The standard InChI is InChI=1S/Al.Gd.Tb.Y.2H. The molecule has 0 amide bonds. The number of hydrogen-bond donors (Lipinski definition) is 0. The van der Waals surface area contributed by atoms with Crippen LogP contribution in [-0.2, 0) is 32.7 Å². The fraction of sp³-hybridized carbons (Fsp3) is 0. The molecular weight excluding hydrogens is 432 g/mol. The normalized spacial score (nSPS) is 0. The largest absolute Gasteiger partial charge is 0.146 e. The molecule has 4 heavy (non-hydrogen) atoms. The molecule has 0 aliphatic heterocycles. The van der Waals surface area contributed by atoms with Gasteiger partial charge in [-0.3, -0.25) is 0 Å². The van der Waals surface area contributed by atoms with Gasteiger partial charge < -0.3 is 0 Å². The molecule has 0 bridgehead atoms. The van der Waals surface area contributed by atoms with Gasteiger partial charge >= 0.3 is 0 Å². The Kier molecular flexibility index (Phi) is 94.1. The molecule has 0 aliphatic carbocycles. The summed E-state index contributed by atoms with van der Waals surface area (Å²) >= 11 is 0. The Morgan fingerprint density at radius 1 is 1.00 bits per heavy atom. The number of rotatable bonds is 0. The molecule has 0 nitrogen and oxygen atoms in total. The molecule has 0 aromatic rings. The minimum Gasteiger partial charge on any atom is 0 e. The average molecular weight is 434 g/mol. The van der Waals surface area contributed by atoms with Crippen molar-refractivity contribution >= 4 is 17.4 Å². The first-order chi connectivity index (χ1) is 0. The van der Waals surface area contributed by atoms with E-state index >= 15 is 0 Å². The van der Waals surface area contributed by atoms with E-state index in [1.165, 1.54) is 0 Å². The second kappa shape index (κ2) is 15.7. The van der Waals surface area contributed by atoms with Crippen molar-refractivity contribution in [1.29, 1.82) is 0 Å². The Hall–Kier alpha value is 4.25. The Bertz CT molecular complexity index is 8.00. The van der Waals surface area contributed by atoms with Crippen LogP contribution in [0.4, 0.5) is 0 Å². The van der Waals surface area contributed by atoms with Crippen LogP contribution < -0.4 is 0 Å². The van der Waals surface area contributed by atoms with Crippen LogP contribution in [0.1, 0.15) is 0 Å². The minimum atomic E-state index is 0. The Morgan fingerprint density at radius 2 is 1.00 bits per heavy atom. The van der Waals surface area contributed by atoms with Crippen LogP contribution in [0.25, 0.3) is 0 Å². The first-order valence-corrected chi connectivity index (χ1v) is 0. The van der Waals surface area contributed by atoms with Crippen molar-refractivity contribution in [3.05, 3.63) is 0 Å². The molecule has 0 aromatic carbocycles. The predicted molar refractivity (Wildman–Crippen MR) is 8.54 cm³/mol. The van der Waals surface area contributed by atoms with Crippen molar-refractivity contribution in [3.8, 4) is 0 Å². The van der Waals surface area contributed by atoms with Gasteiger partial charge in [0.15, 0.2) is 0 Å². The van der Waals surface area contributed by atoms with Crippen LogP contribution in [-0.4, -0.2) is 17.4 Å². The van der Waals surface area contributed by atoms with E-state index in [9.17, 15) is 0 Å². The summed E-state index contributed by atoms with van der Waals surface area (Å²) in [6.45, 7) is 0. The third kappa shape index (κ3) is 9.54. The van der Waals surface area contributed by atoms with Crippen molar-refractivity contribution in [3.63, 3.8) is 0 Å². The molecule has 0 saturated heterocycles. The van der Waals surface area contributed by atoms with Crippen molar-refractivity contribution in [2.24, 2.45) is 0 Å². The molecule has 0 fully saturated rings. The SMILES string of the molecule is [AlH2].[Gd].[Tb].[Y]. The fourth-order valence-electron chi connectivity index (χ4n) is 0. The van der Waals surface area contributed by atoms with Crippen molar-refractivity contribution in [2.45, 2.75) is 0 Å². The fourth-order valence-corrected chi connectivity index (χ4v) is 0. The van der Waals surface area contributed by atoms with E-state index in [0.717, 1.165) is 0 Å². The van der Waals surface area contributed by atoms with Gasteiger partial charge in [0, 0.05) is 111 Å².